The van der Waals surface area contributed by atoms with Gasteiger partial charge in [0.25, 0.3) is 0 Å². The van der Waals surface area contributed by atoms with Crippen LogP contribution in [-0.2, 0) is 11.3 Å². The molecule has 10 heteroatoms. The highest BCUT2D eigenvalue weighted by Crippen LogP contribution is 2.28. The van der Waals surface area contributed by atoms with E-state index in [1.165, 1.54) is 24.7 Å². The lowest BCUT2D eigenvalue weighted by Crippen LogP contribution is -2.29. The topological polar surface area (TPSA) is 106 Å². The van der Waals surface area contributed by atoms with Gasteiger partial charge in [0.15, 0.2) is 5.78 Å². The van der Waals surface area contributed by atoms with Crippen LogP contribution in [0.5, 0.6) is 5.75 Å². The van der Waals surface area contributed by atoms with Crippen molar-refractivity contribution in [3.05, 3.63) is 66.5 Å². The molecular weight excluding hydrogens is 432 g/mol. The molecule has 2 heterocycles. The first kappa shape index (κ1) is 23.9. The molecule has 0 saturated carbocycles. The molecule has 0 aliphatic heterocycles. The van der Waals surface area contributed by atoms with E-state index in [-0.39, 0.29) is 44.1 Å². The van der Waals surface area contributed by atoms with E-state index in [0.717, 1.165) is 5.69 Å². The van der Waals surface area contributed by atoms with E-state index in [0.29, 0.717) is 17.7 Å². The van der Waals surface area contributed by atoms with Crippen molar-refractivity contribution < 1.29 is 26.0 Å². The number of ketones is 1. The molecule has 2 N–H and O–H groups in total. The van der Waals surface area contributed by atoms with Crippen LogP contribution in [0.1, 0.15) is 32.9 Å². The first-order valence-corrected chi connectivity index (χ1v) is 10.2. The second kappa shape index (κ2) is 11.2. The highest BCUT2D eigenvalue weighted by atomic mass is 19.3. The smallest absolute Gasteiger partial charge is 0.387 e. The molecule has 3 rings (SSSR count). The molecule has 176 valence electrons. The fraction of sp³-hybridized carbons (Fsp3) is 0.261. The second-order valence-electron chi connectivity index (χ2n) is 7.40. The Morgan fingerprint density at radius 3 is 2.64 bits per heavy atom. The Morgan fingerprint density at radius 2 is 1.94 bits per heavy atom. The molecule has 0 aliphatic rings. The molecule has 0 bridgehead atoms. The maximum Gasteiger partial charge on any atom is 0.387 e. The Morgan fingerprint density at radius 1 is 1.12 bits per heavy atom. The van der Waals surface area contributed by atoms with Gasteiger partial charge in [-0.2, -0.15) is 8.78 Å². The van der Waals surface area contributed by atoms with Gasteiger partial charge in [0.05, 0.1) is 17.9 Å². The zero-order chi connectivity index (χ0) is 23.8. The number of anilines is 1. The third kappa shape index (κ3) is 6.84. The average Bonchev–Trinajstić information content (AvgIpc) is 2.79. The van der Waals surface area contributed by atoms with Gasteiger partial charge in [-0.1, -0.05) is 26.0 Å². The molecule has 0 fully saturated rings. The number of benzene rings is 1. The lowest BCUT2D eigenvalue weighted by molar-refractivity contribution is -0.115. The number of pyridine rings is 1. The SMILES string of the molecule is CC(C)C(=O)c1ncc(-c2cccc(OC(F)F)c2)cc1NC(=O)CNCc1ccncn1.[HH].[HH]. The van der Waals surface area contributed by atoms with E-state index in [9.17, 15) is 18.4 Å². The molecule has 0 spiro atoms. The number of carbonyl (C=O) groups excluding carboxylic acids is 2. The van der Waals surface area contributed by atoms with Crippen LogP contribution >= 0.6 is 0 Å². The van der Waals surface area contributed by atoms with Crippen LogP contribution in [0.3, 0.4) is 0 Å². The van der Waals surface area contributed by atoms with E-state index < -0.39 is 6.61 Å². The number of hydrogen-bond donors (Lipinski definition) is 2. The molecule has 0 radical (unpaired) electrons. The van der Waals surface area contributed by atoms with Gasteiger partial charge in [-0.25, -0.2) is 9.97 Å². The quantitative estimate of drug-likeness (QED) is 0.438. The standard InChI is InChI=1S/C23H23F2N5O3.2H2/c1-14(2)22(32)21-19(30-20(31)12-27-11-17-6-7-26-13-29-17)9-16(10-28-21)15-4-3-5-18(8-15)33-23(24)25;;/h3-10,13-14,23,27H,11-12H2,1-2H3,(H,30,31);2*1H. The van der Waals surface area contributed by atoms with Crippen LogP contribution < -0.4 is 15.4 Å². The third-order valence-corrected chi connectivity index (χ3v) is 4.55. The number of hydrogen-bond acceptors (Lipinski definition) is 7. The van der Waals surface area contributed by atoms with Gasteiger partial charge in [0.1, 0.15) is 17.8 Å². The van der Waals surface area contributed by atoms with Gasteiger partial charge in [-0.05, 0) is 29.8 Å². The predicted molar refractivity (Wildman–Crippen MR) is 122 cm³/mol. The lowest BCUT2D eigenvalue weighted by atomic mass is 10.0. The van der Waals surface area contributed by atoms with Crippen molar-refractivity contribution >= 4 is 17.4 Å². The summed E-state index contributed by atoms with van der Waals surface area (Å²) in [5.41, 5.74) is 2.15. The van der Waals surface area contributed by atoms with E-state index >= 15 is 0 Å². The zero-order valence-electron chi connectivity index (χ0n) is 18.1. The summed E-state index contributed by atoms with van der Waals surface area (Å²) in [7, 11) is 0. The Kier molecular flexibility index (Phi) is 8.09. The van der Waals surface area contributed by atoms with Crippen molar-refractivity contribution in [2.45, 2.75) is 27.0 Å². The summed E-state index contributed by atoms with van der Waals surface area (Å²) in [6.07, 6.45) is 4.48. The molecule has 33 heavy (non-hydrogen) atoms. The van der Waals surface area contributed by atoms with Crippen molar-refractivity contribution in [1.29, 1.82) is 0 Å². The fourth-order valence-corrected chi connectivity index (χ4v) is 2.96. The summed E-state index contributed by atoms with van der Waals surface area (Å²) in [5.74, 6) is -0.960. The molecule has 0 unspecified atom stereocenters. The summed E-state index contributed by atoms with van der Waals surface area (Å²) >= 11 is 0. The normalized spacial score (nSPS) is 11.0. The summed E-state index contributed by atoms with van der Waals surface area (Å²) < 4.78 is 29.6. The van der Waals surface area contributed by atoms with Crippen molar-refractivity contribution in [1.82, 2.24) is 20.3 Å². The molecular formula is C23H27F2N5O3. The van der Waals surface area contributed by atoms with Crippen LogP contribution in [0.15, 0.2) is 55.1 Å². The molecule has 1 aromatic carbocycles. The van der Waals surface area contributed by atoms with Crippen molar-refractivity contribution in [2.24, 2.45) is 5.92 Å². The van der Waals surface area contributed by atoms with Gasteiger partial charge in [0, 0.05) is 33.3 Å². The van der Waals surface area contributed by atoms with Crippen LogP contribution in [0.4, 0.5) is 14.5 Å². The Labute approximate surface area is 192 Å². The summed E-state index contributed by atoms with van der Waals surface area (Å²) in [6.45, 7) is 0.856. The number of aromatic nitrogens is 3. The van der Waals surface area contributed by atoms with E-state index in [2.05, 4.69) is 30.3 Å². The van der Waals surface area contributed by atoms with Gasteiger partial charge >= 0.3 is 6.61 Å². The minimum absolute atomic E-state index is 0. The molecule has 0 saturated heterocycles. The largest absolute Gasteiger partial charge is 0.435 e. The molecule has 2 aromatic heterocycles. The Balaban J connectivity index is 0.00000306. The van der Waals surface area contributed by atoms with Crippen LogP contribution in [-0.4, -0.2) is 39.8 Å². The first-order valence-electron chi connectivity index (χ1n) is 10.2. The number of alkyl halides is 2. The number of carbonyl (C=O) groups is 2. The summed E-state index contributed by atoms with van der Waals surface area (Å²) in [4.78, 5) is 37.3. The van der Waals surface area contributed by atoms with Crippen LogP contribution in [0.2, 0.25) is 0 Å². The predicted octanol–water partition coefficient (Wildman–Crippen LogP) is 4.20. The van der Waals surface area contributed by atoms with Crippen LogP contribution in [0, 0.1) is 5.92 Å². The average molecular weight is 459 g/mol. The lowest BCUT2D eigenvalue weighted by Gasteiger charge is -2.14. The van der Waals surface area contributed by atoms with E-state index in [1.54, 1.807) is 44.3 Å². The Bertz CT molecular complexity index is 1120. The van der Waals surface area contributed by atoms with Crippen LogP contribution in [0.25, 0.3) is 11.1 Å². The number of nitrogens with zero attached hydrogens (tertiary/aromatic N) is 3. The number of halogens is 2. The highest BCUT2D eigenvalue weighted by Gasteiger charge is 2.19. The van der Waals surface area contributed by atoms with Gasteiger partial charge in [-0.3, -0.25) is 14.6 Å². The zero-order valence-corrected chi connectivity index (χ0v) is 18.1. The monoisotopic (exact) mass is 459 g/mol. The van der Waals surface area contributed by atoms with Gasteiger partial charge < -0.3 is 15.4 Å². The van der Waals surface area contributed by atoms with Crippen molar-refractivity contribution in [2.75, 3.05) is 11.9 Å². The summed E-state index contributed by atoms with van der Waals surface area (Å²) in [5, 5.41) is 5.69. The number of amides is 1. The first-order chi connectivity index (χ1) is 15.8. The maximum absolute atomic E-state index is 12.6. The van der Waals surface area contributed by atoms with Crippen molar-refractivity contribution in [3.63, 3.8) is 0 Å². The molecule has 0 aliphatic carbocycles. The molecule has 0 atom stereocenters. The fourth-order valence-electron chi connectivity index (χ4n) is 2.96. The molecule has 8 nitrogen and oxygen atoms in total. The molecule has 3 aromatic rings. The number of rotatable bonds is 10. The number of nitrogens with one attached hydrogen (secondary N) is 2. The third-order valence-electron chi connectivity index (χ3n) is 4.55. The highest BCUT2D eigenvalue weighted by molar-refractivity contribution is 6.05. The van der Waals surface area contributed by atoms with E-state index in [1.807, 2.05) is 0 Å². The maximum atomic E-state index is 12.6. The number of Topliss-reactive ketones (excluding diaryl/α,β-unsaturated/α-hetero) is 1. The summed E-state index contributed by atoms with van der Waals surface area (Å²) in [6, 6.07) is 9.41. The minimum Gasteiger partial charge on any atom is -0.435 e. The van der Waals surface area contributed by atoms with Gasteiger partial charge in [0.2, 0.25) is 5.91 Å². The second-order valence-corrected chi connectivity index (χ2v) is 7.40. The van der Waals surface area contributed by atoms with E-state index in [4.69, 9.17) is 0 Å². The number of ether oxygens (including phenoxy) is 1. The Hall–Kier alpha value is -3.79. The molecule has 1 amide bonds. The van der Waals surface area contributed by atoms with Crippen molar-refractivity contribution in [3.8, 4) is 16.9 Å². The minimum atomic E-state index is -2.95. The van der Waals surface area contributed by atoms with Gasteiger partial charge in [-0.15, -0.1) is 0 Å².